The molecule has 0 aliphatic heterocycles. The molecule has 0 amide bonds. The summed E-state index contributed by atoms with van der Waals surface area (Å²) >= 11 is 0. The summed E-state index contributed by atoms with van der Waals surface area (Å²) in [7, 11) is 0. The molecule has 3 heteroatoms. The topological polar surface area (TPSA) is 25.2 Å². The summed E-state index contributed by atoms with van der Waals surface area (Å²) in [4.78, 5) is 0. The summed E-state index contributed by atoms with van der Waals surface area (Å²) in [6.45, 7) is 4.72. The summed E-state index contributed by atoms with van der Waals surface area (Å²) in [5.74, 6) is 0.724. The van der Waals surface area contributed by atoms with Gasteiger partial charge < -0.3 is 9.73 Å². The zero-order valence-corrected chi connectivity index (χ0v) is 10.8. The van der Waals surface area contributed by atoms with Crippen molar-refractivity contribution < 1.29 is 8.81 Å². The van der Waals surface area contributed by atoms with Gasteiger partial charge in [-0.05, 0) is 37.8 Å². The van der Waals surface area contributed by atoms with Crippen LogP contribution in [-0.4, -0.2) is 6.04 Å². The second kappa shape index (κ2) is 4.39. The molecule has 0 radical (unpaired) electrons. The van der Waals surface area contributed by atoms with Crippen LogP contribution in [0, 0.1) is 12.7 Å². The van der Waals surface area contributed by atoms with E-state index < -0.39 is 0 Å². The highest BCUT2D eigenvalue weighted by molar-refractivity contribution is 5.85. The summed E-state index contributed by atoms with van der Waals surface area (Å²) in [6, 6.07) is 3.94. The van der Waals surface area contributed by atoms with Crippen LogP contribution in [0.4, 0.5) is 4.39 Å². The molecule has 1 aliphatic rings. The van der Waals surface area contributed by atoms with E-state index in [0.29, 0.717) is 23.6 Å². The lowest BCUT2D eigenvalue weighted by atomic mass is 10.1. The Morgan fingerprint density at radius 1 is 1.39 bits per heavy atom. The van der Waals surface area contributed by atoms with Crippen molar-refractivity contribution in [2.24, 2.45) is 0 Å². The predicted octanol–water partition coefficient (Wildman–Crippen LogP) is 3.69. The monoisotopic (exact) mass is 247 g/mol. The number of rotatable bonds is 4. The van der Waals surface area contributed by atoms with E-state index >= 15 is 0 Å². The van der Waals surface area contributed by atoms with Gasteiger partial charge in [0.1, 0.15) is 17.2 Å². The van der Waals surface area contributed by atoms with Gasteiger partial charge in [-0.3, -0.25) is 0 Å². The first-order chi connectivity index (χ1) is 8.70. The predicted molar refractivity (Wildman–Crippen MR) is 70.1 cm³/mol. The molecule has 3 rings (SSSR count). The Labute approximate surface area is 106 Å². The SMILES string of the molecule is CCc1c(CNC2CC2)oc2c(C)ccc(F)c12. The van der Waals surface area contributed by atoms with E-state index in [0.717, 1.165) is 23.3 Å². The normalized spacial score (nSPS) is 15.5. The lowest BCUT2D eigenvalue weighted by molar-refractivity contribution is 0.505. The third-order valence-corrected chi connectivity index (χ3v) is 3.65. The van der Waals surface area contributed by atoms with Crippen molar-refractivity contribution in [3.8, 4) is 0 Å². The summed E-state index contributed by atoms with van der Waals surface area (Å²) < 4.78 is 19.8. The van der Waals surface area contributed by atoms with Crippen molar-refractivity contribution in [1.82, 2.24) is 5.32 Å². The highest BCUT2D eigenvalue weighted by atomic mass is 19.1. The minimum atomic E-state index is -0.172. The van der Waals surface area contributed by atoms with E-state index in [-0.39, 0.29) is 5.82 Å². The van der Waals surface area contributed by atoms with Crippen LogP contribution < -0.4 is 5.32 Å². The second-order valence-electron chi connectivity index (χ2n) is 5.08. The Bertz CT molecular complexity index is 584. The van der Waals surface area contributed by atoms with Crippen molar-refractivity contribution >= 4 is 11.0 Å². The molecule has 0 saturated heterocycles. The molecule has 1 fully saturated rings. The number of halogens is 1. The van der Waals surface area contributed by atoms with Crippen LogP contribution in [-0.2, 0) is 13.0 Å². The number of aryl methyl sites for hydroxylation is 2. The number of nitrogens with one attached hydrogen (secondary N) is 1. The van der Waals surface area contributed by atoms with Crippen LogP contribution in [0.3, 0.4) is 0 Å². The zero-order chi connectivity index (χ0) is 12.7. The van der Waals surface area contributed by atoms with Gasteiger partial charge in [0.2, 0.25) is 0 Å². The van der Waals surface area contributed by atoms with E-state index in [2.05, 4.69) is 5.32 Å². The van der Waals surface area contributed by atoms with Gasteiger partial charge in [0, 0.05) is 11.6 Å². The third kappa shape index (κ3) is 1.93. The highest BCUT2D eigenvalue weighted by Gasteiger charge is 2.23. The lowest BCUT2D eigenvalue weighted by Crippen LogP contribution is -2.15. The van der Waals surface area contributed by atoms with Gasteiger partial charge in [-0.15, -0.1) is 0 Å². The van der Waals surface area contributed by atoms with Gasteiger partial charge in [0.25, 0.3) is 0 Å². The second-order valence-corrected chi connectivity index (χ2v) is 5.08. The first-order valence-corrected chi connectivity index (χ1v) is 6.63. The van der Waals surface area contributed by atoms with Crippen LogP contribution in [0.1, 0.15) is 36.7 Å². The average molecular weight is 247 g/mol. The molecule has 2 nitrogen and oxygen atoms in total. The molecule has 18 heavy (non-hydrogen) atoms. The molecule has 1 aromatic heterocycles. The number of furan rings is 1. The largest absolute Gasteiger partial charge is 0.459 e. The Morgan fingerprint density at radius 3 is 2.83 bits per heavy atom. The Hall–Kier alpha value is -1.35. The molecule has 1 saturated carbocycles. The number of benzene rings is 1. The van der Waals surface area contributed by atoms with Crippen LogP contribution in [0.15, 0.2) is 16.5 Å². The van der Waals surface area contributed by atoms with Crippen LogP contribution in [0.5, 0.6) is 0 Å². The molecule has 0 bridgehead atoms. The van der Waals surface area contributed by atoms with E-state index in [4.69, 9.17) is 4.42 Å². The van der Waals surface area contributed by atoms with Crippen molar-refractivity contribution in [3.63, 3.8) is 0 Å². The lowest BCUT2D eigenvalue weighted by Gasteiger charge is -2.01. The first kappa shape index (κ1) is 11.7. The van der Waals surface area contributed by atoms with Crippen molar-refractivity contribution in [2.45, 2.75) is 45.7 Å². The summed E-state index contributed by atoms with van der Waals surface area (Å²) in [5.41, 5.74) is 2.72. The Morgan fingerprint density at radius 2 is 2.17 bits per heavy atom. The molecule has 0 spiro atoms. The van der Waals surface area contributed by atoms with E-state index in [1.54, 1.807) is 6.07 Å². The molecule has 96 valence electrons. The molecule has 2 aromatic rings. The molecule has 1 aromatic carbocycles. The maximum Gasteiger partial charge on any atom is 0.140 e. The van der Waals surface area contributed by atoms with Gasteiger partial charge in [0.15, 0.2) is 0 Å². The van der Waals surface area contributed by atoms with Gasteiger partial charge in [0.05, 0.1) is 11.9 Å². The van der Waals surface area contributed by atoms with Crippen LogP contribution in [0.25, 0.3) is 11.0 Å². The van der Waals surface area contributed by atoms with E-state index in [9.17, 15) is 4.39 Å². The number of fused-ring (bicyclic) bond motifs is 1. The van der Waals surface area contributed by atoms with Gasteiger partial charge in [-0.2, -0.15) is 0 Å². The zero-order valence-electron chi connectivity index (χ0n) is 10.8. The average Bonchev–Trinajstić information content (AvgIpc) is 3.11. The van der Waals surface area contributed by atoms with Crippen LogP contribution in [0.2, 0.25) is 0 Å². The molecular formula is C15H18FNO. The maximum atomic E-state index is 14.0. The van der Waals surface area contributed by atoms with Gasteiger partial charge in [-0.1, -0.05) is 13.0 Å². The smallest absolute Gasteiger partial charge is 0.140 e. The fourth-order valence-corrected chi connectivity index (χ4v) is 2.44. The molecule has 1 N–H and O–H groups in total. The first-order valence-electron chi connectivity index (χ1n) is 6.63. The maximum absolute atomic E-state index is 14.0. The fraction of sp³-hybridized carbons (Fsp3) is 0.467. The van der Waals surface area contributed by atoms with Crippen molar-refractivity contribution in [3.05, 3.63) is 34.8 Å². The molecule has 0 unspecified atom stereocenters. The molecule has 0 atom stereocenters. The molecular weight excluding hydrogens is 229 g/mol. The molecule has 1 heterocycles. The highest BCUT2D eigenvalue weighted by Crippen LogP contribution is 2.31. The standard InChI is InChI=1S/C15H18FNO/c1-3-11-13(8-17-10-5-6-10)18-15-9(2)4-7-12(16)14(11)15/h4,7,10,17H,3,5-6,8H2,1-2H3. The fourth-order valence-electron chi connectivity index (χ4n) is 2.44. The summed E-state index contributed by atoms with van der Waals surface area (Å²) in [6.07, 6.45) is 3.29. The number of hydrogen-bond acceptors (Lipinski definition) is 2. The van der Waals surface area contributed by atoms with Gasteiger partial charge >= 0.3 is 0 Å². The van der Waals surface area contributed by atoms with Crippen molar-refractivity contribution in [1.29, 1.82) is 0 Å². The minimum absolute atomic E-state index is 0.172. The summed E-state index contributed by atoms with van der Waals surface area (Å²) in [5, 5.41) is 4.10. The molecule has 1 aliphatic carbocycles. The van der Waals surface area contributed by atoms with E-state index in [1.165, 1.54) is 18.9 Å². The quantitative estimate of drug-likeness (QED) is 0.891. The van der Waals surface area contributed by atoms with Crippen LogP contribution >= 0.6 is 0 Å². The Kier molecular flexibility index (Phi) is 2.86. The van der Waals surface area contributed by atoms with Gasteiger partial charge in [-0.25, -0.2) is 4.39 Å². The number of hydrogen-bond donors (Lipinski definition) is 1. The minimum Gasteiger partial charge on any atom is -0.459 e. The third-order valence-electron chi connectivity index (χ3n) is 3.65. The van der Waals surface area contributed by atoms with Crippen molar-refractivity contribution in [2.75, 3.05) is 0 Å². The van der Waals surface area contributed by atoms with E-state index in [1.807, 2.05) is 13.8 Å². The Balaban J connectivity index is 2.06.